The van der Waals surface area contributed by atoms with Crippen LogP contribution in [0.15, 0.2) is 93.0 Å². The van der Waals surface area contributed by atoms with E-state index in [1.54, 1.807) is 63.5 Å². The van der Waals surface area contributed by atoms with Crippen molar-refractivity contribution in [1.82, 2.24) is 19.9 Å². The van der Waals surface area contributed by atoms with Crippen molar-refractivity contribution < 1.29 is 84.4 Å². The number of allylic oxidation sites excluding steroid dienone is 1. The number of halogens is 1. The zero-order valence-corrected chi connectivity index (χ0v) is 43.1. The molecule has 3 aliphatic heterocycles. The summed E-state index contributed by atoms with van der Waals surface area (Å²) < 4.78 is 25.9. The summed E-state index contributed by atoms with van der Waals surface area (Å²) in [6, 6.07) is 9.22. The van der Waals surface area contributed by atoms with Crippen LogP contribution >= 0.6 is 15.9 Å². The Morgan fingerprint density at radius 2 is 1.30 bits per heavy atom. The second-order valence-corrected chi connectivity index (χ2v) is 16.4. The van der Waals surface area contributed by atoms with Crippen molar-refractivity contribution in [2.45, 2.75) is 90.2 Å². The van der Waals surface area contributed by atoms with Crippen LogP contribution in [0.1, 0.15) is 82.2 Å². The Kier molecular flexibility index (Phi) is 33.3. The Hall–Kier alpha value is -4.44. The number of carbonyl (C=O) groups is 3. The minimum Gasteiger partial charge on any atom is -1.00 e. The van der Waals surface area contributed by atoms with Gasteiger partial charge in [0.25, 0.3) is 0 Å². The number of pyridine rings is 3. The zero-order valence-electron chi connectivity index (χ0n) is 40.5. The first-order valence-corrected chi connectivity index (χ1v) is 22.5. The number of fused-ring (bicyclic) bond motifs is 1. The van der Waals surface area contributed by atoms with Crippen LogP contribution in [0.25, 0.3) is 0 Å². The van der Waals surface area contributed by atoms with Crippen molar-refractivity contribution in [3.8, 4) is 0 Å². The number of ether oxygens (including phenoxy) is 5. The molecular formula is C47H71BrN7NaO11. The Balaban J connectivity index is 0. The predicted octanol–water partition coefficient (Wildman–Crippen LogP) is 4.20. The maximum Gasteiger partial charge on any atom is 1.00 e. The van der Waals surface area contributed by atoms with Gasteiger partial charge in [0.2, 0.25) is 0 Å². The van der Waals surface area contributed by atoms with Gasteiger partial charge in [-0.3, -0.25) is 4.90 Å². The Labute approximate surface area is 427 Å². The zero-order chi connectivity index (χ0) is 49.4. The van der Waals surface area contributed by atoms with E-state index in [0.717, 1.165) is 43.7 Å². The summed E-state index contributed by atoms with van der Waals surface area (Å²) in [6.07, 6.45) is 15.6. The van der Waals surface area contributed by atoms with Crippen LogP contribution in [0.3, 0.4) is 0 Å². The molecule has 3 aromatic rings. The molecule has 3 atom stereocenters. The molecule has 3 saturated heterocycles. The molecule has 1 aliphatic carbocycles. The third-order valence-electron chi connectivity index (χ3n) is 9.28. The summed E-state index contributed by atoms with van der Waals surface area (Å²) in [5.74, 6) is -1.06. The number of amides is 1. The number of carbonyl (C=O) groups excluding carboxylic acids is 1. The number of hydrogen-bond donors (Lipinski definition) is 6. The molecule has 6 heterocycles. The first-order valence-electron chi connectivity index (χ1n) is 21.4. The van der Waals surface area contributed by atoms with Crippen molar-refractivity contribution in [1.29, 1.82) is 0 Å². The molecule has 67 heavy (non-hydrogen) atoms. The van der Waals surface area contributed by atoms with E-state index in [1.165, 1.54) is 48.9 Å². The topological polar surface area (TPSA) is 278 Å². The number of nitrogens with zero attached hydrogens (tertiary/aromatic N) is 4. The second-order valence-electron chi connectivity index (χ2n) is 15.7. The summed E-state index contributed by atoms with van der Waals surface area (Å²) in [5, 5.41) is 27.3. The molecule has 1 saturated carbocycles. The Bertz CT molecular complexity index is 1880. The van der Waals surface area contributed by atoms with Crippen LogP contribution in [0.2, 0.25) is 0 Å². The number of alkyl halides is 1. The number of piperidine rings is 1. The van der Waals surface area contributed by atoms with E-state index in [4.69, 9.17) is 51.1 Å². The number of carboxylic acid groups (broad SMARTS) is 2. The third-order valence-corrected chi connectivity index (χ3v) is 9.74. The van der Waals surface area contributed by atoms with Gasteiger partial charge in [-0.05, 0) is 83.6 Å². The molecule has 7 rings (SSSR count). The number of anilines is 3. The number of nitrogens with two attached hydrogens (primary N) is 3. The van der Waals surface area contributed by atoms with Crippen molar-refractivity contribution in [2.75, 3.05) is 68.8 Å². The van der Waals surface area contributed by atoms with Crippen LogP contribution in [-0.2, 0) is 41.7 Å². The largest absolute Gasteiger partial charge is 1.00 e. The fourth-order valence-corrected chi connectivity index (χ4v) is 6.00. The Morgan fingerprint density at radius 1 is 0.821 bits per heavy atom. The molecule has 4 fully saturated rings. The first kappa shape index (κ1) is 62.6. The fraction of sp³-hybridized carbons (Fsp3) is 0.489. The summed E-state index contributed by atoms with van der Waals surface area (Å²) in [6.45, 7) is 21.7. The van der Waals surface area contributed by atoms with Gasteiger partial charge in [-0.25, -0.2) is 29.3 Å². The summed E-state index contributed by atoms with van der Waals surface area (Å²) >= 11 is 3.13. The molecule has 0 unspecified atom stereocenters. The SMILES string of the molecule is C1CCOC1.C1CCOC1.C=CCBr.C=CCOC[C@@]12C[C@@H](C(=O)O)N(C(=O)OC(C)(C)C)[C@@H]1C2.C=CCOCc1cccnc1N.Nc1ncccc1C(=O)O.Nc1ncccc1CO.[H-].[Na+]. The number of nitrogen functional groups attached to an aromatic ring is 3. The average molecular weight is 1010 g/mol. The van der Waals surface area contributed by atoms with Crippen LogP contribution < -0.4 is 46.8 Å². The summed E-state index contributed by atoms with van der Waals surface area (Å²) in [7, 11) is 0. The smallest absolute Gasteiger partial charge is 1.00 e. The van der Waals surface area contributed by atoms with Gasteiger partial charge in [0.15, 0.2) is 0 Å². The molecule has 3 aromatic heterocycles. The van der Waals surface area contributed by atoms with E-state index in [0.29, 0.717) is 50.0 Å². The average Bonchev–Trinajstić information content (AvgIpc) is 3.87. The molecule has 9 N–H and O–H groups in total. The maximum absolute atomic E-state index is 12.3. The van der Waals surface area contributed by atoms with E-state index in [9.17, 15) is 19.5 Å². The molecule has 0 aromatic carbocycles. The molecule has 0 radical (unpaired) electrons. The molecule has 0 spiro atoms. The van der Waals surface area contributed by atoms with E-state index in [-0.39, 0.29) is 60.4 Å². The van der Waals surface area contributed by atoms with E-state index >= 15 is 0 Å². The summed E-state index contributed by atoms with van der Waals surface area (Å²) in [5.41, 5.74) is 16.9. The number of hydrogen-bond acceptors (Lipinski definition) is 15. The van der Waals surface area contributed by atoms with Crippen molar-refractivity contribution in [3.63, 3.8) is 0 Å². The van der Waals surface area contributed by atoms with Crippen LogP contribution in [0, 0.1) is 5.41 Å². The van der Waals surface area contributed by atoms with Crippen molar-refractivity contribution >= 4 is 51.4 Å². The van der Waals surface area contributed by atoms with Gasteiger partial charge in [-0.15, -0.1) is 19.7 Å². The van der Waals surface area contributed by atoms with Gasteiger partial charge in [0, 0.05) is 72.9 Å². The van der Waals surface area contributed by atoms with Crippen molar-refractivity contribution in [3.05, 3.63) is 110 Å². The first-order chi connectivity index (χ1) is 31.5. The molecule has 18 nitrogen and oxygen atoms in total. The van der Waals surface area contributed by atoms with E-state index in [1.807, 2.05) is 12.1 Å². The van der Waals surface area contributed by atoms with Gasteiger partial charge in [-0.1, -0.05) is 46.3 Å². The van der Waals surface area contributed by atoms with E-state index in [2.05, 4.69) is 50.6 Å². The molecular weight excluding hydrogens is 941 g/mol. The predicted molar refractivity (Wildman–Crippen MR) is 260 cm³/mol. The number of rotatable bonds is 12. The number of likely N-dealkylation sites (tertiary alicyclic amines) is 1. The summed E-state index contributed by atoms with van der Waals surface area (Å²) in [4.78, 5) is 46.7. The fourth-order valence-electron chi connectivity index (χ4n) is 6.00. The van der Waals surface area contributed by atoms with Crippen LogP contribution in [-0.4, -0.2) is 122 Å². The molecule has 20 heteroatoms. The number of aliphatic carboxylic acids is 1. The van der Waals surface area contributed by atoms with Gasteiger partial charge >= 0.3 is 47.6 Å². The molecule has 4 aliphatic rings. The number of aliphatic hydroxyl groups excluding tert-OH is 1. The maximum atomic E-state index is 12.3. The van der Waals surface area contributed by atoms with Gasteiger partial charge in [0.1, 0.15) is 34.7 Å². The minimum atomic E-state index is -1.05. The Morgan fingerprint density at radius 3 is 1.66 bits per heavy atom. The molecule has 368 valence electrons. The normalized spacial score (nSPS) is 18.0. The number of aliphatic hydroxyl groups is 1. The second kappa shape index (κ2) is 35.7. The van der Waals surface area contributed by atoms with E-state index < -0.39 is 29.7 Å². The van der Waals surface area contributed by atoms with Gasteiger partial charge in [0.05, 0.1) is 33.0 Å². The van der Waals surface area contributed by atoms with Crippen molar-refractivity contribution in [2.24, 2.45) is 5.41 Å². The number of aromatic carboxylic acids is 1. The molecule has 0 bridgehead atoms. The number of carboxylic acids is 2. The quantitative estimate of drug-likeness (QED) is 0.0642. The monoisotopic (exact) mass is 1010 g/mol. The molecule has 1 amide bonds. The third kappa shape index (κ3) is 26.0. The number of aromatic nitrogens is 3. The standard InChI is InChI=1S/C15H23NO5.C9H12N2O.C6H6N2O2.C6H8N2O.2C4H8O.C3H5Br.Na.H/c1-5-6-20-9-15-7-10(12(17)18)16(11(15)8-15)13(19)21-14(2,3)4;1-2-6-12-7-8-4-3-5-11-9(8)10;7-5-4(6(9)10)2-1-3-8-5;7-6-5(4-9)2-1-3-8-6;2*1-2-4-5-3-1;1-2-3-4;;/h5,10-11H,1,6-9H2,2-4H3,(H,17,18);2-5H,1,6-7H2,(H2,10,11);1-3H,(H2,7,8)(H,9,10);1-3,9H,4H2,(H2,7,8);2*1-4H2;2H,1,3H2;;/q;;;;;;;+1;-1/t10-,11+,15-;;;;;;;;/m0......../s1. The van der Waals surface area contributed by atoms with Gasteiger partial charge in [-0.2, -0.15) is 0 Å². The van der Waals surface area contributed by atoms with Crippen LogP contribution in [0.4, 0.5) is 22.2 Å². The minimum absolute atomic E-state index is 0. The van der Waals surface area contributed by atoms with Crippen LogP contribution in [0.5, 0.6) is 0 Å². The van der Waals surface area contributed by atoms with Gasteiger partial charge < -0.3 is 57.6 Å².